The fourth-order valence-electron chi connectivity index (χ4n) is 3.89. The van der Waals surface area contributed by atoms with Gasteiger partial charge in [0.2, 0.25) is 0 Å². The Morgan fingerprint density at radius 1 is 1.16 bits per heavy atom. The average molecular weight is 538 g/mol. The Balaban J connectivity index is 1.99. The van der Waals surface area contributed by atoms with Gasteiger partial charge in [-0.1, -0.05) is 20.8 Å². The zero-order valence-electron chi connectivity index (χ0n) is 23.6. The first-order valence-corrected chi connectivity index (χ1v) is 15.6. The largest absolute Gasteiger partial charge is 0.445 e. The molecular formula is C26H43N3O7Si. The molecule has 10 nitrogen and oxygen atoms in total. The van der Waals surface area contributed by atoms with Gasteiger partial charge in [-0.2, -0.15) is 0 Å². The number of non-ortho nitro benzene ring substituents is 1. The third-order valence-electron chi connectivity index (χ3n) is 6.78. The smallest absolute Gasteiger partial charge is 0.410 e. The molecule has 1 saturated heterocycles. The Labute approximate surface area is 221 Å². The van der Waals surface area contributed by atoms with Crippen molar-refractivity contribution in [1.82, 2.24) is 10.2 Å². The van der Waals surface area contributed by atoms with E-state index in [1.165, 1.54) is 12.1 Å². The number of amides is 2. The number of nitrogens with zero attached hydrogens (tertiary/aromatic N) is 2. The van der Waals surface area contributed by atoms with Crippen molar-refractivity contribution in [3.8, 4) is 0 Å². The van der Waals surface area contributed by atoms with E-state index in [2.05, 4.69) is 39.2 Å². The number of nitrogens with one attached hydrogen (secondary N) is 1. The number of hydrogen-bond donors (Lipinski definition) is 1. The molecule has 0 radical (unpaired) electrons. The molecule has 1 fully saturated rings. The zero-order valence-corrected chi connectivity index (χ0v) is 24.6. The summed E-state index contributed by atoms with van der Waals surface area (Å²) in [7, 11) is -2.04. The number of nitro benzene ring substituents is 1. The van der Waals surface area contributed by atoms with Crippen LogP contribution in [-0.2, 0) is 20.5 Å². The summed E-state index contributed by atoms with van der Waals surface area (Å²) >= 11 is 0. The van der Waals surface area contributed by atoms with Gasteiger partial charge in [-0.25, -0.2) is 9.59 Å². The lowest BCUT2D eigenvalue weighted by molar-refractivity contribution is -0.384. The Hall–Kier alpha value is -2.66. The molecule has 0 bridgehead atoms. The molecule has 1 heterocycles. The van der Waals surface area contributed by atoms with E-state index < -0.39 is 24.9 Å². The summed E-state index contributed by atoms with van der Waals surface area (Å²) in [6.45, 7) is 18.8. The van der Waals surface area contributed by atoms with E-state index in [1.807, 2.05) is 27.7 Å². The molecule has 3 atom stereocenters. The Kier molecular flexibility index (Phi) is 9.75. The highest BCUT2D eigenvalue weighted by Crippen LogP contribution is 2.39. The van der Waals surface area contributed by atoms with Crippen LogP contribution in [0.3, 0.4) is 0 Å². The van der Waals surface area contributed by atoms with Crippen molar-refractivity contribution >= 4 is 26.2 Å². The maximum Gasteiger partial charge on any atom is 0.410 e. The maximum absolute atomic E-state index is 13.0. The van der Waals surface area contributed by atoms with Gasteiger partial charge in [0.1, 0.15) is 12.2 Å². The minimum atomic E-state index is -2.04. The van der Waals surface area contributed by atoms with Crippen molar-refractivity contribution in [1.29, 1.82) is 0 Å². The van der Waals surface area contributed by atoms with Crippen molar-refractivity contribution in [2.45, 2.75) is 110 Å². The van der Waals surface area contributed by atoms with Gasteiger partial charge in [0.05, 0.1) is 11.0 Å². The van der Waals surface area contributed by atoms with Crippen molar-refractivity contribution in [2.24, 2.45) is 0 Å². The number of likely N-dealkylation sites (tertiary alicyclic amines) is 1. The molecule has 11 heteroatoms. The lowest BCUT2D eigenvalue weighted by Crippen LogP contribution is -2.45. The molecule has 0 saturated carbocycles. The second-order valence-corrected chi connectivity index (χ2v) is 17.1. The molecule has 1 unspecified atom stereocenters. The van der Waals surface area contributed by atoms with E-state index >= 15 is 0 Å². The van der Waals surface area contributed by atoms with E-state index in [0.717, 1.165) is 0 Å². The number of rotatable bonds is 8. The van der Waals surface area contributed by atoms with Crippen LogP contribution in [-0.4, -0.2) is 60.7 Å². The van der Waals surface area contributed by atoms with Gasteiger partial charge in [0.25, 0.3) is 5.69 Å². The Morgan fingerprint density at radius 3 is 2.27 bits per heavy atom. The predicted molar refractivity (Wildman–Crippen MR) is 144 cm³/mol. The van der Waals surface area contributed by atoms with Crippen LogP contribution in [0.1, 0.15) is 66.9 Å². The average Bonchev–Trinajstić information content (AvgIpc) is 3.11. The summed E-state index contributed by atoms with van der Waals surface area (Å²) in [6, 6.07) is 5.41. The summed E-state index contributed by atoms with van der Waals surface area (Å²) in [6.07, 6.45) is 0.104. The highest BCUT2D eigenvalue weighted by Gasteiger charge is 2.44. The minimum Gasteiger partial charge on any atom is -0.445 e. The number of carbonyl (C=O) groups is 2. The summed E-state index contributed by atoms with van der Waals surface area (Å²) in [4.78, 5) is 37.4. The van der Waals surface area contributed by atoms with Gasteiger partial charge in [-0.15, -0.1) is 0 Å². The molecular weight excluding hydrogens is 494 g/mol. The maximum atomic E-state index is 13.0. The van der Waals surface area contributed by atoms with Crippen LogP contribution in [0, 0.1) is 10.1 Å². The van der Waals surface area contributed by atoms with Gasteiger partial charge in [-0.3, -0.25) is 10.1 Å². The second-order valence-electron chi connectivity index (χ2n) is 12.3. The number of benzene rings is 1. The van der Waals surface area contributed by atoms with E-state index in [-0.39, 0.29) is 41.6 Å². The third kappa shape index (κ3) is 9.30. The summed E-state index contributed by atoms with van der Waals surface area (Å²) in [5.41, 5.74) is 0.000581. The normalized spacial score (nSPS) is 19.3. The molecule has 37 heavy (non-hydrogen) atoms. The number of nitro groups is 1. The fraction of sp³-hybridized carbons (Fsp3) is 0.692. The molecule has 1 aromatic carbocycles. The van der Waals surface area contributed by atoms with Crippen LogP contribution >= 0.6 is 0 Å². The molecule has 1 aliphatic rings. The second kappa shape index (κ2) is 11.8. The Morgan fingerprint density at radius 2 is 1.76 bits per heavy atom. The molecule has 1 aromatic rings. The van der Waals surface area contributed by atoms with E-state index in [0.29, 0.717) is 24.9 Å². The topological polar surface area (TPSA) is 120 Å². The molecule has 2 amide bonds. The fourth-order valence-corrected chi connectivity index (χ4v) is 5.25. The highest BCUT2D eigenvalue weighted by molar-refractivity contribution is 6.74. The van der Waals surface area contributed by atoms with Crippen molar-refractivity contribution in [3.63, 3.8) is 0 Å². The summed E-state index contributed by atoms with van der Waals surface area (Å²) in [5.74, 6) is 0. The Bertz CT molecular complexity index is 954. The predicted octanol–water partition coefficient (Wildman–Crippen LogP) is 6.00. The molecule has 208 valence electrons. The summed E-state index contributed by atoms with van der Waals surface area (Å²) in [5, 5.41) is 13.6. The highest BCUT2D eigenvalue weighted by atomic mass is 28.4. The van der Waals surface area contributed by atoms with Crippen LogP contribution in [0.4, 0.5) is 15.3 Å². The molecule has 2 rings (SSSR count). The first-order chi connectivity index (χ1) is 16.9. The number of ether oxygens (including phenoxy) is 2. The number of alkyl carbamates (subject to hydrolysis) is 1. The van der Waals surface area contributed by atoms with Gasteiger partial charge in [0, 0.05) is 30.8 Å². The molecule has 0 aromatic heterocycles. The van der Waals surface area contributed by atoms with Gasteiger partial charge >= 0.3 is 12.2 Å². The van der Waals surface area contributed by atoms with Crippen molar-refractivity contribution in [2.75, 3.05) is 6.54 Å². The number of hydrogen-bond acceptors (Lipinski definition) is 7. The van der Waals surface area contributed by atoms with E-state index in [9.17, 15) is 19.7 Å². The first-order valence-electron chi connectivity index (χ1n) is 12.7. The van der Waals surface area contributed by atoms with E-state index in [1.54, 1.807) is 17.0 Å². The minimum absolute atomic E-state index is 0.00750. The number of carbonyl (C=O) groups excluding carboxylic acids is 2. The molecule has 0 aliphatic carbocycles. The lowest BCUT2D eigenvalue weighted by atomic mass is 10.1. The monoisotopic (exact) mass is 537 g/mol. The first kappa shape index (κ1) is 30.6. The quantitative estimate of drug-likeness (QED) is 0.245. The van der Waals surface area contributed by atoms with Crippen LogP contribution < -0.4 is 5.32 Å². The zero-order chi connectivity index (χ0) is 28.2. The third-order valence-corrected chi connectivity index (χ3v) is 11.3. The van der Waals surface area contributed by atoms with Crippen LogP contribution in [0.25, 0.3) is 0 Å². The van der Waals surface area contributed by atoms with Crippen molar-refractivity contribution < 1.29 is 28.4 Å². The lowest BCUT2D eigenvalue weighted by Gasteiger charge is -2.38. The SMILES string of the molecule is CC(C[C@@H]1C[C@@H](O[Si](C)(C)C(C)(C)C)CN1C(=O)OC(C)(C)C)NC(=O)OCc1ccc([N+](=O)[O-])cc1. The molecule has 0 spiro atoms. The standard InChI is InChI=1S/C26H43N3O7Si/c1-18(27-23(30)34-17-19-10-12-20(13-11-19)29(32)33)14-21-15-22(36-37(8,9)26(5,6)7)16-28(21)24(31)35-25(2,3)4/h10-13,18,21-22H,14-17H2,1-9H3,(H,27,30)/t18?,21-,22-/m1/s1. The molecule has 1 N–H and O–H groups in total. The van der Waals surface area contributed by atoms with Gasteiger partial charge in [0.15, 0.2) is 8.32 Å². The van der Waals surface area contributed by atoms with Crippen LogP contribution in [0.15, 0.2) is 24.3 Å². The van der Waals surface area contributed by atoms with Gasteiger partial charge < -0.3 is 24.1 Å². The van der Waals surface area contributed by atoms with Crippen LogP contribution in [0.5, 0.6) is 0 Å². The van der Waals surface area contributed by atoms with E-state index in [4.69, 9.17) is 13.9 Å². The van der Waals surface area contributed by atoms with Crippen LogP contribution in [0.2, 0.25) is 18.1 Å². The summed E-state index contributed by atoms with van der Waals surface area (Å²) < 4.78 is 17.6. The van der Waals surface area contributed by atoms with Crippen molar-refractivity contribution in [3.05, 3.63) is 39.9 Å². The molecule has 1 aliphatic heterocycles. The van der Waals surface area contributed by atoms with Gasteiger partial charge in [-0.05, 0) is 76.4 Å².